The van der Waals surface area contributed by atoms with Gasteiger partial charge in [-0.2, -0.15) is 0 Å². The Kier molecular flexibility index (Phi) is 6.13. The topological polar surface area (TPSA) is 45.2 Å². The monoisotopic (exact) mass is 425 g/mol. The molecule has 152 valence electrons. The van der Waals surface area contributed by atoms with E-state index in [0.29, 0.717) is 12.5 Å². The smallest absolute Gasteiger partial charge is 0.231 e. The summed E-state index contributed by atoms with van der Waals surface area (Å²) in [6.07, 6.45) is 2.56. The van der Waals surface area contributed by atoms with E-state index in [1.54, 1.807) is 11.3 Å². The summed E-state index contributed by atoms with van der Waals surface area (Å²) in [7, 11) is 0. The quantitative estimate of drug-likeness (QED) is 0.566. The fourth-order valence-corrected chi connectivity index (χ4v) is 5.74. The Hall–Kier alpha value is -2.02. The average molecular weight is 426 g/mol. The van der Waals surface area contributed by atoms with Crippen LogP contribution in [0.25, 0.3) is 0 Å². The van der Waals surface area contributed by atoms with Gasteiger partial charge in [-0.3, -0.25) is 9.69 Å². The van der Waals surface area contributed by atoms with Gasteiger partial charge in [-0.1, -0.05) is 19.1 Å². The molecule has 0 fully saturated rings. The summed E-state index contributed by atoms with van der Waals surface area (Å²) in [4.78, 5) is 21.3. The first-order chi connectivity index (χ1) is 14.0. The number of fused-ring (bicyclic) bond motifs is 1. The predicted octanol–water partition coefficient (Wildman–Crippen LogP) is 5.51. The van der Waals surface area contributed by atoms with Crippen molar-refractivity contribution in [3.63, 3.8) is 0 Å². The Bertz CT molecular complexity index is 1010. The van der Waals surface area contributed by atoms with Gasteiger partial charge in [-0.25, -0.2) is 4.98 Å². The van der Waals surface area contributed by atoms with Crippen LogP contribution in [0.5, 0.6) is 0 Å². The van der Waals surface area contributed by atoms with E-state index in [4.69, 9.17) is 4.98 Å². The number of amides is 1. The molecular weight excluding hydrogens is 398 g/mol. The highest BCUT2D eigenvalue weighted by Gasteiger charge is 2.27. The average Bonchev–Trinajstić information content (AvgIpc) is 3.34. The van der Waals surface area contributed by atoms with Crippen LogP contribution < -0.4 is 5.32 Å². The number of hydrogen-bond donors (Lipinski definition) is 1. The number of thiazole rings is 1. The van der Waals surface area contributed by atoms with E-state index in [0.717, 1.165) is 53.4 Å². The SMILES string of the molecule is CCC1c2ccsc2CCN1Cc1csc(CC(=O)Nc2cc(C)ccc2C)n1. The van der Waals surface area contributed by atoms with Crippen molar-refractivity contribution in [2.45, 2.75) is 52.6 Å². The Morgan fingerprint density at radius 3 is 2.97 bits per heavy atom. The number of benzene rings is 1. The molecule has 3 heterocycles. The summed E-state index contributed by atoms with van der Waals surface area (Å²) in [5.74, 6) is -0.00748. The summed E-state index contributed by atoms with van der Waals surface area (Å²) >= 11 is 3.47. The Labute approximate surface area is 180 Å². The van der Waals surface area contributed by atoms with Crippen LogP contribution >= 0.6 is 22.7 Å². The van der Waals surface area contributed by atoms with Crippen molar-refractivity contribution in [1.82, 2.24) is 9.88 Å². The number of nitrogens with zero attached hydrogens (tertiary/aromatic N) is 2. The van der Waals surface area contributed by atoms with E-state index < -0.39 is 0 Å². The van der Waals surface area contributed by atoms with Crippen LogP contribution in [0.2, 0.25) is 0 Å². The number of nitrogens with one attached hydrogen (secondary N) is 1. The maximum absolute atomic E-state index is 12.5. The molecule has 0 radical (unpaired) electrons. The molecule has 4 rings (SSSR count). The molecule has 2 aromatic heterocycles. The van der Waals surface area contributed by atoms with Gasteiger partial charge in [0.15, 0.2) is 0 Å². The van der Waals surface area contributed by atoms with Crippen LogP contribution in [-0.2, 0) is 24.2 Å². The zero-order valence-corrected chi connectivity index (χ0v) is 18.8. The van der Waals surface area contributed by atoms with Gasteiger partial charge in [0.2, 0.25) is 5.91 Å². The number of hydrogen-bond acceptors (Lipinski definition) is 5. The standard InChI is InChI=1S/C23H27N3OS2/c1-4-20-18-8-10-28-21(18)7-9-26(20)13-17-14-29-23(24-17)12-22(27)25-19-11-15(2)5-6-16(19)3/h5-6,8,10-11,14,20H,4,7,9,12-13H2,1-3H3,(H,25,27). The highest BCUT2D eigenvalue weighted by atomic mass is 32.1. The minimum Gasteiger partial charge on any atom is -0.325 e. The van der Waals surface area contributed by atoms with Crippen LogP contribution in [0.4, 0.5) is 5.69 Å². The number of carbonyl (C=O) groups is 1. The van der Waals surface area contributed by atoms with Gasteiger partial charge < -0.3 is 5.32 Å². The van der Waals surface area contributed by atoms with Crippen LogP contribution in [0.15, 0.2) is 35.0 Å². The molecule has 0 saturated heterocycles. The number of carbonyl (C=O) groups excluding carboxylic acids is 1. The predicted molar refractivity (Wildman–Crippen MR) is 122 cm³/mol. The molecule has 1 atom stereocenters. The lowest BCUT2D eigenvalue weighted by molar-refractivity contribution is -0.115. The number of thiophene rings is 1. The molecule has 0 aliphatic carbocycles. The van der Waals surface area contributed by atoms with E-state index >= 15 is 0 Å². The Morgan fingerprint density at radius 2 is 2.14 bits per heavy atom. The summed E-state index contributed by atoms with van der Waals surface area (Å²) in [6, 6.07) is 8.86. The summed E-state index contributed by atoms with van der Waals surface area (Å²) in [5.41, 5.74) is 5.67. The lowest BCUT2D eigenvalue weighted by Gasteiger charge is -2.34. The molecule has 29 heavy (non-hydrogen) atoms. The van der Waals surface area contributed by atoms with Crippen molar-refractivity contribution in [2.75, 3.05) is 11.9 Å². The number of aromatic nitrogens is 1. The molecule has 1 aliphatic rings. The van der Waals surface area contributed by atoms with E-state index in [-0.39, 0.29) is 5.91 Å². The van der Waals surface area contributed by atoms with Crippen LogP contribution in [0.1, 0.15) is 51.7 Å². The molecule has 0 bridgehead atoms. The van der Waals surface area contributed by atoms with Gasteiger partial charge in [-0.05, 0) is 60.9 Å². The summed E-state index contributed by atoms with van der Waals surface area (Å²) in [6.45, 7) is 8.23. The van der Waals surface area contributed by atoms with Gasteiger partial charge in [0.25, 0.3) is 0 Å². The molecule has 1 unspecified atom stereocenters. The van der Waals surface area contributed by atoms with Gasteiger partial charge in [-0.15, -0.1) is 22.7 Å². The fourth-order valence-electron chi connectivity index (χ4n) is 4.03. The summed E-state index contributed by atoms with van der Waals surface area (Å²) in [5, 5.41) is 8.23. The lowest BCUT2D eigenvalue weighted by Crippen LogP contribution is -2.34. The van der Waals surface area contributed by atoms with Gasteiger partial charge in [0.05, 0.1) is 12.1 Å². The van der Waals surface area contributed by atoms with Crippen LogP contribution in [0.3, 0.4) is 0 Å². The fraction of sp³-hybridized carbons (Fsp3) is 0.391. The van der Waals surface area contributed by atoms with Crippen molar-refractivity contribution in [3.05, 3.63) is 67.3 Å². The normalized spacial score (nSPS) is 16.6. The van der Waals surface area contributed by atoms with Crippen LogP contribution in [-0.4, -0.2) is 22.3 Å². The second kappa shape index (κ2) is 8.78. The molecule has 0 saturated carbocycles. The Morgan fingerprint density at radius 1 is 1.28 bits per heavy atom. The van der Waals surface area contributed by atoms with Gasteiger partial charge in [0, 0.05) is 35.1 Å². The molecule has 4 nitrogen and oxygen atoms in total. The molecule has 1 aliphatic heterocycles. The second-order valence-corrected chi connectivity index (χ2v) is 9.66. The van der Waals surface area contributed by atoms with E-state index in [2.05, 4.69) is 40.0 Å². The molecule has 1 aromatic carbocycles. The second-order valence-electron chi connectivity index (χ2n) is 7.72. The maximum Gasteiger partial charge on any atom is 0.231 e. The van der Waals surface area contributed by atoms with Crippen LogP contribution in [0, 0.1) is 13.8 Å². The number of anilines is 1. The third kappa shape index (κ3) is 4.60. The largest absolute Gasteiger partial charge is 0.325 e. The first-order valence-electron chi connectivity index (χ1n) is 10.1. The van der Waals surface area contributed by atoms with Gasteiger partial charge in [0.1, 0.15) is 5.01 Å². The number of rotatable bonds is 6. The molecular formula is C23H27N3OS2. The van der Waals surface area contributed by atoms with Gasteiger partial charge >= 0.3 is 0 Å². The highest BCUT2D eigenvalue weighted by molar-refractivity contribution is 7.10. The van der Waals surface area contributed by atoms with Crippen molar-refractivity contribution in [2.24, 2.45) is 0 Å². The zero-order chi connectivity index (χ0) is 20.4. The maximum atomic E-state index is 12.5. The molecule has 1 N–H and O–H groups in total. The van der Waals surface area contributed by atoms with E-state index in [1.165, 1.54) is 10.4 Å². The van der Waals surface area contributed by atoms with E-state index in [9.17, 15) is 4.79 Å². The van der Waals surface area contributed by atoms with Crippen molar-refractivity contribution >= 4 is 34.3 Å². The van der Waals surface area contributed by atoms with Crippen molar-refractivity contribution < 1.29 is 4.79 Å². The molecule has 6 heteroatoms. The first-order valence-corrected chi connectivity index (χ1v) is 11.9. The number of aryl methyl sites for hydroxylation is 2. The first kappa shape index (κ1) is 20.3. The molecule has 0 spiro atoms. The molecule has 3 aromatic rings. The van der Waals surface area contributed by atoms with Crippen molar-refractivity contribution in [3.8, 4) is 0 Å². The van der Waals surface area contributed by atoms with E-state index in [1.807, 2.05) is 37.3 Å². The van der Waals surface area contributed by atoms with Crippen molar-refractivity contribution in [1.29, 1.82) is 0 Å². The third-order valence-corrected chi connectivity index (χ3v) is 7.43. The minimum absolute atomic E-state index is 0.00748. The minimum atomic E-state index is -0.00748. The molecule has 1 amide bonds. The highest BCUT2D eigenvalue weighted by Crippen LogP contribution is 2.36. The Balaban J connectivity index is 1.38. The lowest BCUT2D eigenvalue weighted by atomic mass is 9.98. The summed E-state index contributed by atoms with van der Waals surface area (Å²) < 4.78 is 0. The third-order valence-electron chi connectivity index (χ3n) is 5.54. The zero-order valence-electron chi connectivity index (χ0n) is 17.2.